The number of morpholine rings is 1. The highest BCUT2D eigenvalue weighted by Gasteiger charge is 2.25. The highest BCUT2D eigenvalue weighted by molar-refractivity contribution is 7.10. The maximum atomic E-state index is 5.53. The van der Waals surface area contributed by atoms with E-state index in [2.05, 4.69) is 39.7 Å². The number of nitrogens with one attached hydrogen (secondary N) is 1. The Morgan fingerprint density at radius 1 is 1.35 bits per heavy atom. The van der Waals surface area contributed by atoms with Gasteiger partial charge in [-0.2, -0.15) is 0 Å². The molecule has 23 heavy (non-hydrogen) atoms. The van der Waals surface area contributed by atoms with E-state index in [4.69, 9.17) is 4.74 Å². The van der Waals surface area contributed by atoms with Crippen molar-refractivity contribution in [1.29, 1.82) is 0 Å². The number of thiophene rings is 1. The van der Waals surface area contributed by atoms with E-state index in [1.807, 2.05) is 11.3 Å². The first kappa shape index (κ1) is 19.2. The third-order valence-electron chi connectivity index (χ3n) is 4.87. The van der Waals surface area contributed by atoms with Gasteiger partial charge in [-0.05, 0) is 50.3 Å². The van der Waals surface area contributed by atoms with Crippen molar-refractivity contribution in [2.45, 2.75) is 18.9 Å². The number of nitrogens with zero attached hydrogens (tertiary/aromatic N) is 2. The summed E-state index contributed by atoms with van der Waals surface area (Å²) in [5, 5.41) is 5.67. The summed E-state index contributed by atoms with van der Waals surface area (Å²) in [4.78, 5) is 6.66. The van der Waals surface area contributed by atoms with Gasteiger partial charge in [-0.25, -0.2) is 0 Å². The molecule has 0 amide bonds. The molecule has 4 nitrogen and oxygen atoms in total. The Kier molecular flexibility index (Phi) is 8.30. The monoisotopic (exact) mass is 359 g/mol. The SMILES string of the molecule is CN(CC1CCNCC1)CC(c1cccs1)N1CCOCC1.Cl. The Balaban J connectivity index is 0.00000192. The van der Waals surface area contributed by atoms with Crippen molar-refractivity contribution in [2.75, 3.05) is 59.5 Å². The largest absolute Gasteiger partial charge is 0.379 e. The maximum Gasteiger partial charge on any atom is 0.0594 e. The molecule has 0 radical (unpaired) electrons. The van der Waals surface area contributed by atoms with Crippen LogP contribution in [0.25, 0.3) is 0 Å². The summed E-state index contributed by atoms with van der Waals surface area (Å²) < 4.78 is 5.53. The Hall–Kier alpha value is -0.170. The van der Waals surface area contributed by atoms with Crippen LogP contribution in [0.1, 0.15) is 23.8 Å². The normalized spacial score (nSPS) is 22.0. The van der Waals surface area contributed by atoms with Crippen LogP contribution in [-0.2, 0) is 4.74 Å². The molecule has 2 aliphatic heterocycles. The van der Waals surface area contributed by atoms with Gasteiger partial charge >= 0.3 is 0 Å². The lowest BCUT2D eigenvalue weighted by atomic mass is 9.97. The van der Waals surface area contributed by atoms with E-state index in [1.54, 1.807) is 0 Å². The summed E-state index contributed by atoms with van der Waals surface area (Å²) in [7, 11) is 2.29. The first-order valence-corrected chi connectivity index (χ1v) is 9.45. The fourth-order valence-electron chi connectivity index (χ4n) is 3.63. The summed E-state index contributed by atoms with van der Waals surface area (Å²) in [5.74, 6) is 0.861. The van der Waals surface area contributed by atoms with Crippen molar-refractivity contribution in [1.82, 2.24) is 15.1 Å². The Bertz CT molecular complexity index is 419. The molecule has 2 saturated heterocycles. The molecule has 1 N–H and O–H groups in total. The van der Waals surface area contributed by atoms with Crippen LogP contribution in [0, 0.1) is 5.92 Å². The number of rotatable bonds is 6. The molecule has 0 bridgehead atoms. The number of likely N-dealkylation sites (N-methyl/N-ethyl adjacent to an activating group) is 1. The first-order valence-electron chi connectivity index (χ1n) is 8.57. The third-order valence-corrected chi connectivity index (χ3v) is 5.84. The topological polar surface area (TPSA) is 27.7 Å². The Labute approximate surface area is 150 Å². The van der Waals surface area contributed by atoms with Crippen molar-refractivity contribution in [3.8, 4) is 0 Å². The molecule has 1 unspecified atom stereocenters. The fourth-order valence-corrected chi connectivity index (χ4v) is 4.48. The van der Waals surface area contributed by atoms with Crippen molar-refractivity contribution >= 4 is 23.7 Å². The van der Waals surface area contributed by atoms with Crippen LogP contribution in [0.5, 0.6) is 0 Å². The molecule has 132 valence electrons. The van der Waals surface area contributed by atoms with Gasteiger partial charge in [0.2, 0.25) is 0 Å². The highest BCUT2D eigenvalue weighted by atomic mass is 35.5. The minimum absolute atomic E-state index is 0. The number of ether oxygens (including phenoxy) is 1. The van der Waals surface area contributed by atoms with Gasteiger partial charge < -0.3 is 15.0 Å². The van der Waals surface area contributed by atoms with Crippen LogP contribution in [0.15, 0.2) is 17.5 Å². The van der Waals surface area contributed by atoms with E-state index in [1.165, 1.54) is 37.4 Å². The first-order chi connectivity index (χ1) is 10.8. The zero-order valence-corrected chi connectivity index (χ0v) is 15.7. The molecule has 1 atom stereocenters. The second-order valence-corrected chi connectivity index (χ2v) is 7.57. The van der Waals surface area contributed by atoms with E-state index in [0.29, 0.717) is 6.04 Å². The van der Waals surface area contributed by atoms with E-state index in [9.17, 15) is 0 Å². The molecule has 0 saturated carbocycles. The van der Waals surface area contributed by atoms with E-state index in [0.717, 1.165) is 38.8 Å². The summed E-state index contributed by atoms with van der Waals surface area (Å²) in [6.45, 7) is 8.61. The average Bonchev–Trinajstić information content (AvgIpc) is 3.08. The molecule has 1 aromatic heterocycles. The zero-order chi connectivity index (χ0) is 15.2. The zero-order valence-electron chi connectivity index (χ0n) is 14.1. The van der Waals surface area contributed by atoms with Crippen LogP contribution in [0.2, 0.25) is 0 Å². The highest BCUT2D eigenvalue weighted by Crippen LogP contribution is 2.27. The molecule has 6 heteroatoms. The number of halogens is 1. The lowest BCUT2D eigenvalue weighted by Gasteiger charge is -2.37. The van der Waals surface area contributed by atoms with Gasteiger partial charge in [-0.15, -0.1) is 23.7 Å². The van der Waals surface area contributed by atoms with Gasteiger partial charge in [-0.3, -0.25) is 4.90 Å². The Morgan fingerprint density at radius 3 is 2.74 bits per heavy atom. The van der Waals surface area contributed by atoms with Gasteiger partial charge in [0.05, 0.1) is 19.3 Å². The Morgan fingerprint density at radius 2 is 2.09 bits per heavy atom. The molecule has 1 aromatic rings. The second-order valence-electron chi connectivity index (χ2n) is 6.59. The molecule has 3 rings (SSSR count). The van der Waals surface area contributed by atoms with Gasteiger partial charge in [-0.1, -0.05) is 6.07 Å². The number of hydrogen-bond acceptors (Lipinski definition) is 5. The van der Waals surface area contributed by atoms with Crippen molar-refractivity contribution < 1.29 is 4.74 Å². The summed E-state index contributed by atoms with van der Waals surface area (Å²) in [5.41, 5.74) is 0. The molecular weight excluding hydrogens is 330 g/mol. The average molecular weight is 360 g/mol. The van der Waals surface area contributed by atoms with Crippen molar-refractivity contribution in [3.63, 3.8) is 0 Å². The molecule has 3 heterocycles. The lowest BCUT2D eigenvalue weighted by molar-refractivity contribution is 0.00897. The molecule has 0 aliphatic carbocycles. The number of hydrogen-bond donors (Lipinski definition) is 1. The van der Waals surface area contributed by atoms with Gasteiger partial charge in [0, 0.05) is 31.1 Å². The van der Waals surface area contributed by atoms with Crippen LogP contribution < -0.4 is 5.32 Å². The van der Waals surface area contributed by atoms with E-state index >= 15 is 0 Å². The van der Waals surface area contributed by atoms with E-state index in [-0.39, 0.29) is 12.4 Å². The quantitative estimate of drug-likeness (QED) is 0.844. The van der Waals surface area contributed by atoms with Gasteiger partial charge in [0.1, 0.15) is 0 Å². The maximum absolute atomic E-state index is 5.53. The standard InChI is InChI=1S/C17H29N3OS.ClH/c1-19(13-15-4-6-18-7-5-15)14-16(17-3-2-12-22-17)20-8-10-21-11-9-20;/h2-3,12,15-16,18H,4-11,13-14H2,1H3;1H. The predicted molar refractivity (Wildman–Crippen MR) is 99.8 cm³/mol. The van der Waals surface area contributed by atoms with E-state index < -0.39 is 0 Å². The molecule has 2 fully saturated rings. The summed E-state index contributed by atoms with van der Waals surface area (Å²) in [6.07, 6.45) is 2.65. The third kappa shape index (κ3) is 5.69. The smallest absolute Gasteiger partial charge is 0.0594 e. The lowest BCUT2D eigenvalue weighted by Crippen LogP contribution is -2.44. The second kappa shape index (κ2) is 9.97. The van der Waals surface area contributed by atoms with Crippen LogP contribution >= 0.6 is 23.7 Å². The predicted octanol–water partition coefficient (Wildman–Crippen LogP) is 2.47. The summed E-state index contributed by atoms with van der Waals surface area (Å²) >= 11 is 1.89. The van der Waals surface area contributed by atoms with Crippen molar-refractivity contribution in [3.05, 3.63) is 22.4 Å². The fraction of sp³-hybridized carbons (Fsp3) is 0.765. The van der Waals surface area contributed by atoms with Gasteiger partial charge in [0.15, 0.2) is 0 Å². The molecule has 2 aliphatic rings. The van der Waals surface area contributed by atoms with Crippen LogP contribution in [0.3, 0.4) is 0 Å². The van der Waals surface area contributed by atoms with Gasteiger partial charge in [0.25, 0.3) is 0 Å². The molecular formula is C17H30ClN3OS. The molecule has 0 aromatic carbocycles. The number of piperidine rings is 1. The van der Waals surface area contributed by atoms with Crippen LogP contribution in [0.4, 0.5) is 0 Å². The minimum Gasteiger partial charge on any atom is -0.379 e. The van der Waals surface area contributed by atoms with Crippen molar-refractivity contribution in [2.24, 2.45) is 5.92 Å². The van der Waals surface area contributed by atoms with Crippen LogP contribution in [-0.4, -0.2) is 69.3 Å². The minimum atomic E-state index is 0. The molecule has 0 spiro atoms. The summed E-state index contributed by atoms with van der Waals surface area (Å²) in [6, 6.07) is 5.00.